The Morgan fingerprint density at radius 3 is 2.61 bits per heavy atom. The van der Waals surface area contributed by atoms with Crippen molar-refractivity contribution in [1.82, 2.24) is 19.9 Å². The van der Waals surface area contributed by atoms with Crippen molar-refractivity contribution >= 4 is 28.4 Å². The minimum atomic E-state index is -0.899. The van der Waals surface area contributed by atoms with E-state index in [0.29, 0.717) is 24.5 Å². The van der Waals surface area contributed by atoms with Crippen LogP contribution in [0, 0.1) is 5.92 Å². The van der Waals surface area contributed by atoms with Crippen molar-refractivity contribution in [2.75, 3.05) is 6.54 Å². The largest absolute Gasteiger partial charge is 0.391 e. The van der Waals surface area contributed by atoms with Gasteiger partial charge in [-0.1, -0.05) is 25.4 Å². The number of hydrogen-bond acceptors (Lipinski definition) is 6. The van der Waals surface area contributed by atoms with Gasteiger partial charge in [0.25, 0.3) is 0 Å². The SMILES string of the molecule is CC(C)[C@@H](O)[C@H](NCc1cc(-c2cncn2C)nc2cc(Cl)c(CCN)cc12)C(N)=O. The summed E-state index contributed by atoms with van der Waals surface area (Å²) in [7, 11) is 1.89. The molecule has 1 aromatic carbocycles. The molecule has 6 N–H and O–H groups in total. The molecule has 2 heterocycles. The molecule has 9 heteroatoms. The number of primary amides is 1. The number of nitrogens with two attached hydrogens (primary N) is 2. The van der Waals surface area contributed by atoms with E-state index in [1.165, 1.54) is 0 Å². The molecule has 31 heavy (non-hydrogen) atoms. The summed E-state index contributed by atoms with van der Waals surface area (Å²) in [5.74, 6) is -0.725. The zero-order valence-electron chi connectivity index (χ0n) is 18.0. The highest BCUT2D eigenvalue weighted by Gasteiger charge is 2.27. The van der Waals surface area contributed by atoms with Crippen LogP contribution in [-0.4, -0.2) is 44.2 Å². The number of imidazole rings is 1. The van der Waals surface area contributed by atoms with Gasteiger partial charge in [-0.05, 0) is 48.2 Å². The molecule has 3 rings (SSSR count). The zero-order valence-corrected chi connectivity index (χ0v) is 18.7. The third-order valence-corrected chi connectivity index (χ3v) is 5.75. The third kappa shape index (κ3) is 5.04. The number of hydrogen-bond donors (Lipinski definition) is 4. The maximum atomic E-state index is 12.0. The summed E-state index contributed by atoms with van der Waals surface area (Å²) >= 11 is 6.47. The quantitative estimate of drug-likeness (QED) is 0.397. The second-order valence-corrected chi connectivity index (χ2v) is 8.46. The molecule has 0 aliphatic rings. The maximum absolute atomic E-state index is 12.0. The van der Waals surface area contributed by atoms with Crippen molar-refractivity contribution in [1.29, 1.82) is 0 Å². The molecule has 1 amide bonds. The molecule has 0 aliphatic carbocycles. The number of halogens is 1. The topological polar surface area (TPSA) is 132 Å². The second kappa shape index (κ2) is 9.74. The van der Waals surface area contributed by atoms with Gasteiger partial charge in [0.15, 0.2) is 0 Å². The van der Waals surface area contributed by atoms with E-state index in [1.54, 1.807) is 12.5 Å². The van der Waals surface area contributed by atoms with Crippen molar-refractivity contribution < 1.29 is 9.90 Å². The van der Waals surface area contributed by atoms with Crippen LogP contribution in [0.1, 0.15) is 25.0 Å². The van der Waals surface area contributed by atoms with Crippen LogP contribution in [0.2, 0.25) is 5.02 Å². The molecule has 2 atom stereocenters. The molecular formula is C22H29ClN6O2. The highest BCUT2D eigenvalue weighted by molar-refractivity contribution is 6.32. The van der Waals surface area contributed by atoms with Gasteiger partial charge in [0.1, 0.15) is 6.04 Å². The number of aromatic nitrogens is 3. The fourth-order valence-corrected chi connectivity index (χ4v) is 3.84. The Labute approximate surface area is 186 Å². The smallest absolute Gasteiger partial charge is 0.237 e. The Morgan fingerprint density at radius 2 is 2.03 bits per heavy atom. The lowest BCUT2D eigenvalue weighted by Crippen LogP contribution is -2.51. The number of amides is 1. The minimum absolute atomic E-state index is 0.126. The molecule has 0 bridgehead atoms. The van der Waals surface area contributed by atoms with Crippen molar-refractivity contribution in [3.63, 3.8) is 0 Å². The fraction of sp³-hybridized carbons (Fsp3) is 0.409. The number of aliphatic hydroxyl groups is 1. The average molecular weight is 445 g/mol. The Kier molecular flexibility index (Phi) is 7.27. The highest BCUT2D eigenvalue weighted by atomic mass is 35.5. The first-order chi connectivity index (χ1) is 14.7. The predicted octanol–water partition coefficient (Wildman–Crippen LogP) is 1.75. The average Bonchev–Trinajstić information content (AvgIpc) is 3.14. The molecule has 166 valence electrons. The van der Waals surface area contributed by atoms with Crippen molar-refractivity contribution in [3.8, 4) is 11.4 Å². The molecule has 3 aromatic rings. The van der Waals surface area contributed by atoms with Crippen LogP contribution in [-0.2, 0) is 24.8 Å². The zero-order chi connectivity index (χ0) is 22.7. The number of nitrogens with zero attached hydrogens (tertiary/aromatic N) is 3. The van der Waals surface area contributed by atoms with E-state index in [-0.39, 0.29) is 5.92 Å². The van der Waals surface area contributed by atoms with Crippen LogP contribution in [0.5, 0.6) is 0 Å². The lowest BCUT2D eigenvalue weighted by Gasteiger charge is -2.24. The van der Waals surface area contributed by atoms with Gasteiger partial charge in [0.05, 0.1) is 35.5 Å². The van der Waals surface area contributed by atoms with Crippen molar-refractivity contribution in [3.05, 3.63) is 46.9 Å². The Hall–Kier alpha value is -2.52. The summed E-state index contributed by atoms with van der Waals surface area (Å²) < 4.78 is 1.88. The van der Waals surface area contributed by atoms with Gasteiger partial charge >= 0.3 is 0 Å². The van der Waals surface area contributed by atoms with Crippen LogP contribution in [0.25, 0.3) is 22.3 Å². The lowest BCUT2D eigenvalue weighted by molar-refractivity contribution is -0.123. The number of rotatable bonds is 9. The molecule has 0 unspecified atom stereocenters. The molecule has 8 nitrogen and oxygen atoms in total. The summed E-state index contributed by atoms with van der Waals surface area (Å²) in [6, 6.07) is 4.89. The summed E-state index contributed by atoms with van der Waals surface area (Å²) in [6.45, 7) is 4.46. The van der Waals surface area contributed by atoms with Gasteiger partial charge in [-0.2, -0.15) is 0 Å². The first-order valence-corrected chi connectivity index (χ1v) is 10.6. The van der Waals surface area contributed by atoms with E-state index < -0.39 is 18.1 Å². The van der Waals surface area contributed by atoms with Crippen LogP contribution in [0.4, 0.5) is 0 Å². The number of pyridine rings is 1. The molecule has 0 radical (unpaired) electrons. The normalized spacial score (nSPS) is 13.6. The molecule has 0 saturated carbocycles. The monoisotopic (exact) mass is 444 g/mol. The third-order valence-electron chi connectivity index (χ3n) is 5.40. The van der Waals surface area contributed by atoms with E-state index in [0.717, 1.165) is 33.4 Å². The maximum Gasteiger partial charge on any atom is 0.237 e. The molecule has 0 fully saturated rings. The summed E-state index contributed by atoms with van der Waals surface area (Å²) in [5.41, 5.74) is 15.4. The molecular weight excluding hydrogens is 416 g/mol. The van der Waals surface area contributed by atoms with E-state index in [2.05, 4.69) is 10.3 Å². The van der Waals surface area contributed by atoms with Gasteiger partial charge < -0.3 is 21.1 Å². The van der Waals surface area contributed by atoms with Gasteiger partial charge in [-0.15, -0.1) is 0 Å². The van der Waals surface area contributed by atoms with Gasteiger partial charge in [0.2, 0.25) is 5.91 Å². The molecule has 0 aliphatic heterocycles. The van der Waals surface area contributed by atoms with Crippen LogP contribution in [0.15, 0.2) is 30.7 Å². The Balaban J connectivity index is 2.08. The highest BCUT2D eigenvalue weighted by Crippen LogP contribution is 2.29. The predicted molar refractivity (Wildman–Crippen MR) is 122 cm³/mol. The Morgan fingerprint density at radius 1 is 1.29 bits per heavy atom. The van der Waals surface area contributed by atoms with Gasteiger partial charge in [-0.3, -0.25) is 10.1 Å². The molecule has 2 aromatic heterocycles. The van der Waals surface area contributed by atoms with Crippen LogP contribution in [0.3, 0.4) is 0 Å². The first kappa shape index (κ1) is 23.1. The number of aryl methyl sites for hydroxylation is 1. The van der Waals surface area contributed by atoms with E-state index in [1.807, 2.05) is 43.7 Å². The summed E-state index contributed by atoms with van der Waals surface area (Å²) in [6.07, 6.45) is 3.19. The number of aliphatic hydroxyl groups excluding tert-OH is 1. The fourth-order valence-electron chi connectivity index (χ4n) is 3.59. The number of carbonyl (C=O) groups excluding carboxylic acids is 1. The van der Waals surface area contributed by atoms with E-state index in [9.17, 15) is 9.90 Å². The summed E-state index contributed by atoms with van der Waals surface area (Å²) in [4.78, 5) is 20.9. The van der Waals surface area contributed by atoms with E-state index >= 15 is 0 Å². The van der Waals surface area contributed by atoms with Crippen molar-refractivity contribution in [2.24, 2.45) is 24.4 Å². The number of benzene rings is 1. The van der Waals surface area contributed by atoms with Gasteiger partial charge in [-0.25, -0.2) is 9.97 Å². The van der Waals surface area contributed by atoms with E-state index in [4.69, 9.17) is 28.1 Å². The van der Waals surface area contributed by atoms with Gasteiger partial charge in [0, 0.05) is 24.0 Å². The lowest BCUT2D eigenvalue weighted by atomic mass is 9.98. The minimum Gasteiger partial charge on any atom is -0.391 e. The summed E-state index contributed by atoms with van der Waals surface area (Å²) in [5, 5.41) is 15.1. The number of nitrogens with one attached hydrogen (secondary N) is 1. The van der Waals surface area contributed by atoms with Crippen LogP contribution >= 0.6 is 11.6 Å². The number of fused-ring (bicyclic) bond motifs is 1. The first-order valence-electron chi connectivity index (χ1n) is 10.2. The Bertz CT molecular complexity index is 1080. The standard InChI is InChI=1S/C22H29ClN6O2/c1-12(2)21(30)20(22(25)31)27-9-14-7-18(19-10-26-11-29(19)3)28-17-8-16(23)13(4-5-24)6-15(14)17/h6-8,10-12,20-21,27,30H,4-5,9,24H2,1-3H3,(H2,25,31)/t20-,21+/m0/s1. The second-order valence-electron chi connectivity index (χ2n) is 8.05. The van der Waals surface area contributed by atoms with Crippen LogP contribution < -0.4 is 16.8 Å². The molecule has 0 saturated heterocycles. The molecule has 0 spiro atoms. The number of carbonyl (C=O) groups is 1. The van der Waals surface area contributed by atoms with Crippen molar-refractivity contribution in [2.45, 2.75) is 39.0 Å².